The van der Waals surface area contributed by atoms with E-state index in [1.807, 2.05) is 13.0 Å². The molecule has 0 saturated heterocycles. The van der Waals surface area contributed by atoms with Crippen molar-refractivity contribution in [3.8, 4) is 0 Å². The molecule has 0 unspecified atom stereocenters. The lowest BCUT2D eigenvalue weighted by atomic mass is 10.2. The Balaban J connectivity index is 1.46. The summed E-state index contributed by atoms with van der Waals surface area (Å²) >= 11 is 6.15. The van der Waals surface area contributed by atoms with Crippen LogP contribution in [0.1, 0.15) is 37.3 Å². The fourth-order valence-electron chi connectivity index (χ4n) is 3.86. The van der Waals surface area contributed by atoms with Crippen molar-refractivity contribution >= 4 is 44.6 Å². The van der Waals surface area contributed by atoms with Gasteiger partial charge in [0.1, 0.15) is 0 Å². The van der Waals surface area contributed by atoms with Gasteiger partial charge in [0, 0.05) is 24.6 Å². The first-order chi connectivity index (χ1) is 14.7. The van der Waals surface area contributed by atoms with Crippen LogP contribution in [0.2, 0.25) is 5.02 Å². The minimum atomic E-state index is -3.70. The summed E-state index contributed by atoms with van der Waals surface area (Å²) in [5.41, 5.74) is 3.08. The van der Waals surface area contributed by atoms with Crippen LogP contribution in [0, 0.1) is 12.8 Å². The van der Waals surface area contributed by atoms with Gasteiger partial charge in [-0.05, 0) is 74.6 Å². The molecular formula is C23H25ClN2O4S. The number of fused-ring (bicyclic) bond motifs is 1. The minimum absolute atomic E-state index is 0.120. The molecule has 0 aromatic heterocycles. The summed E-state index contributed by atoms with van der Waals surface area (Å²) in [6.45, 7) is 4.01. The lowest BCUT2D eigenvalue weighted by Gasteiger charge is -2.18. The van der Waals surface area contributed by atoms with Gasteiger partial charge in [-0.2, -0.15) is 0 Å². The SMILES string of the molecule is Cc1ccc(NC(=O)C[C@@H](C)S(=O)(=O)c2ccc3c(c2)CCN3C(=O)C2CC2)c(Cl)c1. The third-order valence-corrected chi connectivity index (χ3v) is 8.32. The van der Waals surface area contributed by atoms with Crippen molar-refractivity contribution < 1.29 is 18.0 Å². The van der Waals surface area contributed by atoms with Crippen LogP contribution < -0.4 is 10.2 Å². The third-order valence-electron chi connectivity index (χ3n) is 5.87. The topological polar surface area (TPSA) is 83.6 Å². The van der Waals surface area contributed by atoms with Gasteiger partial charge in [0.25, 0.3) is 0 Å². The first kappa shape index (κ1) is 21.8. The molecule has 1 atom stereocenters. The summed E-state index contributed by atoms with van der Waals surface area (Å²) in [7, 11) is -3.70. The van der Waals surface area contributed by atoms with Crippen molar-refractivity contribution in [2.45, 2.75) is 49.7 Å². The standard InChI is InChI=1S/C23H25ClN2O4S/c1-14-3-7-20(19(24)11-14)25-22(27)12-15(2)31(29,30)18-6-8-21-17(13-18)9-10-26(21)23(28)16-4-5-16/h3,6-8,11,13,15-16H,4-5,9-10,12H2,1-2H3,(H,25,27)/t15-/m1/s1. The van der Waals surface area contributed by atoms with Crippen molar-refractivity contribution in [2.75, 3.05) is 16.8 Å². The molecule has 2 aromatic carbocycles. The number of aryl methyl sites for hydroxylation is 1. The zero-order valence-electron chi connectivity index (χ0n) is 17.5. The molecule has 31 heavy (non-hydrogen) atoms. The van der Waals surface area contributed by atoms with E-state index in [0.717, 1.165) is 29.7 Å². The summed E-state index contributed by atoms with van der Waals surface area (Å²) < 4.78 is 26.2. The fraction of sp³-hybridized carbons (Fsp3) is 0.391. The second kappa shape index (κ2) is 8.28. The van der Waals surface area contributed by atoms with Gasteiger partial charge in [-0.15, -0.1) is 0 Å². The Hall–Kier alpha value is -2.38. The van der Waals surface area contributed by atoms with Crippen LogP contribution in [0.15, 0.2) is 41.3 Å². The lowest BCUT2D eigenvalue weighted by Crippen LogP contribution is -2.30. The minimum Gasteiger partial charge on any atom is -0.325 e. The van der Waals surface area contributed by atoms with Gasteiger partial charge >= 0.3 is 0 Å². The number of nitrogens with zero attached hydrogens (tertiary/aromatic N) is 1. The molecule has 0 bridgehead atoms. The Labute approximate surface area is 187 Å². The number of benzene rings is 2. The monoisotopic (exact) mass is 460 g/mol. The van der Waals surface area contributed by atoms with E-state index in [2.05, 4.69) is 5.32 Å². The molecule has 1 N–H and O–H groups in total. The smallest absolute Gasteiger partial charge is 0.230 e. The summed E-state index contributed by atoms with van der Waals surface area (Å²) in [5.74, 6) is -0.159. The Morgan fingerprint density at radius 3 is 2.61 bits per heavy atom. The summed E-state index contributed by atoms with van der Waals surface area (Å²) in [6, 6.07) is 10.2. The number of carbonyl (C=O) groups is 2. The van der Waals surface area contributed by atoms with Crippen LogP contribution >= 0.6 is 11.6 Å². The molecule has 1 fully saturated rings. The molecule has 1 aliphatic carbocycles. The van der Waals surface area contributed by atoms with Crippen LogP contribution in [0.25, 0.3) is 0 Å². The second-order valence-electron chi connectivity index (χ2n) is 8.40. The van der Waals surface area contributed by atoms with E-state index in [-0.39, 0.29) is 23.1 Å². The van der Waals surface area contributed by atoms with Crippen LogP contribution in [-0.4, -0.2) is 32.0 Å². The molecule has 2 aromatic rings. The molecule has 8 heteroatoms. The molecule has 2 aliphatic rings. The number of amides is 2. The summed E-state index contributed by atoms with van der Waals surface area (Å²) in [5, 5.41) is 2.20. The zero-order chi connectivity index (χ0) is 22.3. The third kappa shape index (κ3) is 4.48. The number of rotatable bonds is 6. The highest BCUT2D eigenvalue weighted by molar-refractivity contribution is 7.92. The molecule has 1 heterocycles. The van der Waals surface area contributed by atoms with Crippen LogP contribution in [0.4, 0.5) is 11.4 Å². The van der Waals surface area contributed by atoms with E-state index in [9.17, 15) is 18.0 Å². The maximum atomic E-state index is 13.1. The Morgan fingerprint density at radius 2 is 1.94 bits per heavy atom. The van der Waals surface area contributed by atoms with Gasteiger partial charge < -0.3 is 10.2 Å². The van der Waals surface area contributed by atoms with Crippen molar-refractivity contribution in [2.24, 2.45) is 5.92 Å². The molecule has 1 saturated carbocycles. The normalized spacial score (nSPS) is 16.7. The second-order valence-corrected chi connectivity index (χ2v) is 11.2. The molecule has 0 spiro atoms. The van der Waals surface area contributed by atoms with E-state index in [1.165, 1.54) is 13.0 Å². The largest absolute Gasteiger partial charge is 0.325 e. The Kier molecular flexibility index (Phi) is 5.83. The molecule has 0 radical (unpaired) electrons. The average Bonchev–Trinajstić information content (AvgIpc) is 3.48. The van der Waals surface area contributed by atoms with Gasteiger partial charge in [0.15, 0.2) is 9.84 Å². The van der Waals surface area contributed by atoms with E-state index in [0.29, 0.717) is 23.7 Å². The molecule has 164 valence electrons. The highest BCUT2D eigenvalue weighted by Gasteiger charge is 2.37. The molecule has 2 amide bonds. The number of carbonyl (C=O) groups excluding carboxylic acids is 2. The highest BCUT2D eigenvalue weighted by Crippen LogP contribution is 2.37. The molecular weight excluding hydrogens is 436 g/mol. The van der Waals surface area contributed by atoms with Crippen molar-refractivity contribution in [1.29, 1.82) is 0 Å². The number of hydrogen-bond acceptors (Lipinski definition) is 4. The van der Waals surface area contributed by atoms with Crippen LogP contribution in [-0.2, 0) is 25.8 Å². The van der Waals surface area contributed by atoms with Gasteiger partial charge in [0.05, 0.1) is 20.9 Å². The van der Waals surface area contributed by atoms with E-state index >= 15 is 0 Å². The quantitative estimate of drug-likeness (QED) is 0.702. The predicted molar refractivity (Wildman–Crippen MR) is 121 cm³/mol. The number of hydrogen-bond donors (Lipinski definition) is 1. The van der Waals surface area contributed by atoms with Gasteiger partial charge in [-0.1, -0.05) is 17.7 Å². The maximum absolute atomic E-state index is 13.1. The van der Waals surface area contributed by atoms with Gasteiger partial charge in [-0.25, -0.2) is 8.42 Å². The van der Waals surface area contributed by atoms with E-state index in [1.54, 1.807) is 29.2 Å². The predicted octanol–water partition coefficient (Wildman–Crippen LogP) is 4.14. The molecule has 6 nitrogen and oxygen atoms in total. The number of nitrogens with one attached hydrogen (secondary N) is 1. The Bertz CT molecular complexity index is 1160. The van der Waals surface area contributed by atoms with Crippen LogP contribution in [0.3, 0.4) is 0 Å². The molecule has 1 aliphatic heterocycles. The van der Waals surface area contributed by atoms with Crippen molar-refractivity contribution in [3.05, 3.63) is 52.5 Å². The fourth-order valence-corrected chi connectivity index (χ4v) is 5.54. The zero-order valence-corrected chi connectivity index (χ0v) is 19.1. The van der Waals surface area contributed by atoms with Crippen molar-refractivity contribution in [3.63, 3.8) is 0 Å². The average molecular weight is 461 g/mol. The van der Waals surface area contributed by atoms with Crippen LogP contribution in [0.5, 0.6) is 0 Å². The first-order valence-electron chi connectivity index (χ1n) is 10.4. The number of halogens is 1. The van der Waals surface area contributed by atoms with E-state index < -0.39 is 21.0 Å². The Morgan fingerprint density at radius 1 is 1.19 bits per heavy atom. The number of sulfone groups is 1. The lowest BCUT2D eigenvalue weighted by molar-refractivity contribution is -0.119. The molecule has 4 rings (SSSR count). The summed E-state index contributed by atoms with van der Waals surface area (Å²) in [6.07, 6.45) is 2.32. The van der Waals surface area contributed by atoms with Gasteiger partial charge in [0.2, 0.25) is 11.8 Å². The van der Waals surface area contributed by atoms with Gasteiger partial charge in [-0.3, -0.25) is 9.59 Å². The maximum Gasteiger partial charge on any atom is 0.230 e. The summed E-state index contributed by atoms with van der Waals surface area (Å²) in [4.78, 5) is 26.8. The number of anilines is 2. The first-order valence-corrected chi connectivity index (χ1v) is 12.3. The van der Waals surface area contributed by atoms with E-state index in [4.69, 9.17) is 11.6 Å². The highest BCUT2D eigenvalue weighted by atomic mass is 35.5. The van der Waals surface area contributed by atoms with Crippen molar-refractivity contribution in [1.82, 2.24) is 0 Å².